The number of hydrogen-bond acceptors (Lipinski definition) is 5. The van der Waals surface area contributed by atoms with Gasteiger partial charge in [0, 0.05) is 24.3 Å². The number of hydrogen-bond donors (Lipinski definition) is 2. The van der Waals surface area contributed by atoms with Crippen LogP contribution < -0.4 is 15.5 Å². The zero-order valence-electron chi connectivity index (χ0n) is 15.0. The fourth-order valence-corrected chi connectivity index (χ4v) is 3.25. The van der Waals surface area contributed by atoms with Gasteiger partial charge >= 0.3 is 0 Å². The van der Waals surface area contributed by atoms with Gasteiger partial charge in [0.15, 0.2) is 5.11 Å². The lowest BCUT2D eigenvalue weighted by atomic mass is 10.0. The first kappa shape index (κ1) is 17.7. The Kier molecular flexibility index (Phi) is 5.53. The van der Waals surface area contributed by atoms with Gasteiger partial charge in [-0.25, -0.2) is 4.98 Å². The molecule has 2 aromatic rings. The normalized spacial score (nSPS) is 17.4. The summed E-state index contributed by atoms with van der Waals surface area (Å²) in [6, 6.07) is 6.41. The summed E-state index contributed by atoms with van der Waals surface area (Å²) in [6.45, 7) is 7.72. The zero-order chi connectivity index (χ0) is 17.8. The van der Waals surface area contributed by atoms with Gasteiger partial charge in [-0.05, 0) is 64.4 Å². The maximum atomic E-state index is 5.53. The number of thiocarbonyl (C=S) groups is 1. The third kappa shape index (κ3) is 4.69. The van der Waals surface area contributed by atoms with Crippen molar-refractivity contribution in [2.75, 3.05) is 16.8 Å². The molecule has 0 unspecified atom stereocenters. The van der Waals surface area contributed by atoms with E-state index < -0.39 is 0 Å². The molecule has 6 nitrogen and oxygen atoms in total. The molecule has 1 aliphatic rings. The molecule has 134 valence electrons. The maximum Gasteiger partial charge on any atom is 0.231 e. The van der Waals surface area contributed by atoms with Crippen LogP contribution in [0.2, 0.25) is 0 Å². The van der Waals surface area contributed by atoms with Crippen LogP contribution in [0.3, 0.4) is 0 Å². The fourth-order valence-electron chi connectivity index (χ4n) is 3.09. The molecule has 1 saturated heterocycles. The third-order valence-electron chi connectivity index (χ3n) is 4.38. The molecule has 1 aliphatic heterocycles. The first-order valence-electron chi connectivity index (χ1n) is 8.74. The van der Waals surface area contributed by atoms with Crippen LogP contribution in [-0.2, 0) is 6.54 Å². The van der Waals surface area contributed by atoms with Gasteiger partial charge in [0.05, 0.1) is 6.54 Å². The number of furan rings is 1. The highest BCUT2D eigenvalue weighted by Crippen LogP contribution is 2.24. The highest BCUT2D eigenvalue weighted by Gasteiger charge is 2.20. The summed E-state index contributed by atoms with van der Waals surface area (Å²) in [6.07, 6.45) is 3.69. The minimum absolute atomic E-state index is 0.484. The van der Waals surface area contributed by atoms with Crippen molar-refractivity contribution in [2.45, 2.75) is 52.6 Å². The van der Waals surface area contributed by atoms with Gasteiger partial charge in [-0.1, -0.05) is 0 Å². The van der Waals surface area contributed by atoms with E-state index in [0.717, 1.165) is 29.6 Å². The molecule has 0 saturated carbocycles. The van der Waals surface area contributed by atoms with E-state index >= 15 is 0 Å². The summed E-state index contributed by atoms with van der Waals surface area (Å²) in [7, 11) is 0. The topological polar surface area (TPSA) is 66.2 Å². The van der Waals surface area contributed by atoms with Crippen LogP contribution >= 0.6 is 12.2 Å². The van der Waals surface area contributed by atoms with Crippen molar-refractivity contribution in [3.05, 3.63) is 35.4 Å². The van der Waals surface area contributed by atoms with Crippen LogP contribution in [0.4, 0.5) is 11.8 Å². The predicted octanol–water partition coefficient (Wildman–Crippen LogP) is 3.55. The molecule has 0 aromatic carbocycles. The first-order chi connectivity index (χ1) is 12.0. The molecule has 2 N–H and O–H groups in total. The van der Waals surface area contributed by atoms with Crippen molar-refractivity contribution in [3.8, 4) is 0 Å². The van der Waals surface area contributed by atoms with E-state index in [4.69, 9.17) is 16.6 Å². The Labute approximate surface area is 154 Å². The lowest BCUT2D eigenvalue weighted by molar-refractivity contribution is 0.478. The minimum Gasteiger partial charge on any atom is -0.465 e. The Hall–Kier alpha value is -2.15. The summed E-state index contributed by atoms with van der Waals surface area (Å²) in [5.41, 5.74) is 0.926. The second-order valence-corrected chi connectivity index (χ2v) is 6.96. The van der Waals surface area contributed by atoms with Crippen LogP contribution in [0.15, 0.2) is 22.6 Å². The van der Waals surface area contributed by atoms with E-state index in [9.17, 15) is 0 Å². The molecule has 3 heterocycles. The SMILES string of the molecule is Cc1cc(N2CCCC[C@H]2C)nc(NC(=S)NCc2ccc(C)o2)n1. The fraction of sp³-hybridized carbons (Fsp3) is 0.500. The Bertz CT molecular complexity index is 745. The highest BCUT2D eigenvalue weighted by molar-refractivity contribution is 7.80. The largest absolute Gasteiger partial charge is 0.465 e. The van der Waals surface area contributed by atoms with Gasteiger partial charge in [-0.15, -0.1) is 0 Å². The molecule has 0 spiro atoms. The van der Waals surface area contributed by atoms with Crippen molar-refractivity contribution in [2.24, 2.45) is 0 Å². The Morgan fingerprint density at radius 1 is 1.32 bits per heavy atom. The molecule has 1 atom stereocenters. The summed E-state index contributed by atoms with van der Waals surface area (Å²) < 4.78 is 5.53. The molecule has 0 radical (unpaired) electrons. The van der Waals surface area contributed by atoms with Crippen LogP contribution in [0.25, 0.3) is 0 Å². The number of rotatable bonds is 4. The monoisotopic (exact) mass is 359 g/mol. The quantitative estimate of drug-likeness (QED) is 0.809. The second-order valence-electron chi connectivity index (χ2n) is 6.55. The highest BCUT2D eigenvalue weighted by atomic mass is 32.1. The van der Waals surface area contributed by atoms with E-state index in [2.05, 4.69) is 32.4 Å². The van der Waals surface area contributed by atoms with Gasteiger partial charge in [0.1, 0.15) is 17.3 Å². The average Bonchev–Trinajstić information content (AvgIpc) is 2.98. The Morgan fingerprint density at radius 2 is 2.16 bits per heavy atom. The van der Waals surface area contributed by atoms with Gasteiger partial charge in [-0.2, -0.15) is 4.98 Å². The van der Waals surface area contributed by atoms with Crippen LogP contribution in [0, 0.1) is 13.8 Å². The van der Waals surface area contributed by atoms with Gasteiger partial charge in [0.25, 0.3) is 0 Å². The van der Waals surface area contributed by atoms with E-state index in [-0.39, 0.29) is 0 Å². The molecular weight excluding hydrogens is 334 g/mol. The molecule has 0 aliphatic carbocycles. The lowest BCUT2D eigenvalue weighted by Gasteiger charge is -2.34. The Balaban J connectivity index is 1.64. The lowest BCUT2D eigenvalue weighted by Crippen LogP contribution is -2.38. The second kappa shape index (κ2) is 7.82. The van der Waals surface area contributed by atoms with Crippen molar-refractivity contribution >= 4 is 29.1 Å². The van der Waals surface area contributed by atoms with Crippen molar-refractivity contribution in [3.63, 3.8) is 0 Å². The molecule has 1 fully saturated rings. The Morgan fingerprint density at radius 3 is 2.88 bits per heavy atom. The molecule has 3 rings (SSSR count). The number of piperidine rings is 1. The number of aromatic nitrogens is 2. The molecular formula is C18H25N5OS. The standard InChI is InChI=1S/C18H25N5OS/c1-12-10-16(23-9-5-4-6-13(23)2)21-17(20-12)22-18(25)19-11-15-8-7-14(3)24-15/h7-8,10,13H,4-6,9,11H2,1-3H3,(H2,19,20,21,22,25)/t13-/m1/s1. The van der Waals surface area contributed by atoms with E-state index in [1.807, 2.05) is 32.0 Å². The summed E-state index contributed by atoms with van der Waals surface area (Å²) >= 11 is 5.35. The maximum absolute atomic E-state index is 5.53. The zero-order valence-corrected chi connectivity index (χ0v) is 15.8. The first-order valence-corrected chi connectivity index (χ1v) is 9.14. The number of aryl methyl sites for hydroxylation is 2. The smallest absolute Gasteiger partial charge is 0.231 e. The molecule has 2 aromatic heterocycles. The molecule has 0 amide bonds. The van der Waals surface area contributed by atoms with Gasteiger partial charge in [-0.3, -0.25) is 0 Å². The average molecular weight is 359 g/mol. The molecule has 25 heavy (non-hydrogen) atoms. The van der Waals surface area contributed by atoms with Crippen molar-refractivity contribution in [1.82, 2.24) is 15.3 Å². The number of anilines is 2. The summed E-state index contributed by atoms with van der Waals surface area (Å²) in [5.74, 6) is 3.22. The van der Waals surface area contributed by atoms with E-state index in [1.54, 1.807) is 0 Å². The molecule has 0 bridgehead atoms. The van der Waals surface area contributed by atoms with Crippen LogP contribution in [0.5, 0.6) is 0 Å². The summed E-state index contributed by atoms with van der Waals surface area (Å²) in [5, 5.41) is 6.69. The number of nitrogens with one attached hydrogen (secondary N) is 2. The van der Waals surface area contributed by atoms with Gasteiger partial charge < -0.3 is 20.0 Å². The third-order valence-corrected chi connectivity index (χ3v) is 4.63. The number of nitrogens with zero attached hydrogens (tertiary/aromatic N) is 3. The van der Waals surface area contributed by atoms with Crippen LogP contribution in [0.1, 0.15) is 43.4 Å². The van der Waals surface area contributed by atoms with Crippen molar-refractivity contribution in [1.29, 1.82) is 0 Å². The minimum atomic E-state index is 0.484. The summed E-state index contributed by atoms with van der Waals surface area (Å²) in [4.78, 5) is 11.5. The van der Waals surface area contributed by atoms with Crippen LogP contribution in [-0.4, -0.2) is 27.7 Å². The van der Waals surface area contributed by atoms with E-state index in [1.165, 1.54) is 19.3 Å². The van der Waals surface area contributed by atoms with Crippen molar-refractivity contribution < 1.29 is 4.42 Å². The van der Waals surface area contributed by atoms with E-state index in [0.29, 0.717) is 23.6 Å². The predicted molar refractivity (Wildman–Crippen MR) is 104 cm³/mol. The van der Waals surface area contributed by atoms with Gasteiger partial charge in [0.2, 0.25) is 5.95 Å². The molecule has 7 heteroatoms.